The average molecular weight is 263 g/mol. The molecule has 0 radical (unpaired) electrons. The highest BCUT2D eigenvalue weighted by atomic mass is 32.2. The van der Waals surface area contributed by atoms with Crippen molar-refractivity contribution in [2.24, 2.45) is 10.7 Å². The van der Waals surface area contributed by atoms with Crippen LogP contribution in [0, 0.1) is 0 Å². The van der Waals surface area contributed by atoms with Crippen LogP contribution in [0.3, 0.4) is 0 Å². The Morgan fingerprint density at radius 3 is 3.00 bits per heavy atom. The highest BCUT2D eigenvalue weighted by molar-refractivity contribution is 7.99. The fourth-order valence-electron chi connectivity index (χ4n) is 2.04. The lowest BCUT2D eigenvalue weighted by Gasteiger charge is -2.23. The molecule has 2 rings (SSSR count). The van der Waals surface area contributed by atoms with Gasteiger partial charge in [-0.25, -0.2) is 0 Å². The molecule has 3 N–H and O–H groups in total. The standard InChI is InChI=1S/C14H21N3S/c1-2-3-8-18-13-7-5-4-6-12(13)11-9-16-14(15)17-10-11/h4-7,11H,2-3,8-10H2,1H3,(H3,15,16,17). The molecule has 98 valence electrons. The maximum Gasteiger partial charge on any atom is 0.188 e. The number of benzene rings is 1. The van der Waals surface area contributed by atoms with Gasteiger partial charge in [0.15, 0.2) is 5.96 Å². The fraction of sp³-hybridized carbons (Fsp3) is 0.500. The minimum atomic E-state index is 0.447. The summed E-state index contributed by atoms with van der Waals surface area (Å²) in [6.45, 7) is 3.92. The van der Waals surface area contributed by atoms with E-state index < -0.39 is 0 Å². The van der Waals surface area contributed by atoms with Crippen LogP contribution < -0.4 is 11.1 Å². The predicted octanol–water partition coefficient (Wildman–Crippen LogP) is 2.58. The lowest BCUT2D eigenvalue weighted by Crippen LogP contribution is -2.39. The van der Waals surface area contributed by atoms with Crippen molar-refractivity contribution in [2.45, 2.75) is 30.6 Å². The summed E-state index contributed by atoms with van der Waals surface area (Å²) in [6, 6.07) is 8.67. The minimum absolute atomic E-state index is 0.447. The average Bonchev–Trinajstić information content (AvgIpc) is 2.41. The van der Waals surface area contributed by atoms with Gasteiger partial charge in [0.1, 0.15) is 0 Å². The third-order valence-corrected chi connectivity index (χ3v) is 4.30. The summed E-state index contributed by atoms with van der Waals surface area (Å²) >= 11 is 1.96. The quantitative estimate of drug-likeness (QED) is 0.634. The summed E-state index contributed by atoms with van der Waals surface area (Å²) in [5.74, 6) is 2.21. The summed E-state index contributed by atoms with van der Waals surface area (Å²) < 4.78 is 0. The zero-order chi connectivity index (χ0) is 12.8. The fourth-order valence-corrected chi connectivity index (χ4v) is 3.27. The Hall–Kier alpha value is -1.16. The third kappa shape index (κ3) is 3.42. The van der Waals surface area contributed by atoms with Crippen molar-refractivity contribution >= 4 is 17.7 Å². The minimum Gasteiger partial charge on any atom is -0.370 e. The Labute approximate surface area is 113 Å². The molecular weight excluding hydrogens is 242 g/mol. The number of nitrogens with zero attached hydrogens (tertiary/aromatic N) is 1. The molecule has 0 spiro atoms. The van der Waals surface area contributed by atoms with Gasteiger partial charge in [0.05, 0.1) is 6.54 Å². The first-order chi connectivity index (χ1) is 8.81. The molecule has 1 atom stereocenters. The van der Waals surface area contributed by atoms with E-state index in [0.717, 1.165) is 13.1 Å². The monoisotopic (exact) mass is 263 g/mol. The second-order valence-electron chi connectivity index (χ2n) is 4.54. The van der Waals surface area contributed by atoms with Gasteiger partial charge in [0, 0.05) is 17.4 Å². The van der Waals surface area contributed by atoms with E-state index in [2.05, 4.69) is 41.5 Å². The molecule has 0 fully saturated rings. The lowest BCUT2D eigenvalue weighted by molar-refractivity contribution is 0.626. The summed E-state index contributed by atoms with van der Waals surface area (Å²) in [5, 5.41) is 3.14. The summed E-state index contributed by atoms with van der Waals surface area (Å²) in [5.41, 5.74) is 7.05. The first kappa shape index (κ1) is 13.3. The van der Waals surface area contributed by atoms with E-state index in [4.69, 9.17) is 5.73 Å². The van der Waals surface area contributed by atoms with Crippen LogP contribution in [0.4, 0.5) is 0 Å². The largest absolute Gasteiger partial charge is 0.370 e. The molecule has 1 aromatic carbocycles. The molecule has 18 heavy (non-hydrogen) atoms. The van der Waals surface area contributed by atoms with E-state index in [1.54, 1.807) is 0 Å². The van der Waals surface area contributed by atoms with Crippen molar-refractivity contribution in [2.75, 3.05) is 18.8 Å². The van der Waals surface area contributed by atoms with Gasteiger partial charge in [0.25, 0.3) is 0 Å². The molecule has 0 saturated heterocycles. The molecular formula is C14H21N3S. The van der Waals surface area contributed by atoms with Gasteiger partial charge in [0.2, 0.25) is 0 Å². The first-order valence-corrected chi connectivity index (χ1v) is 7.55. The van der Waals surface area contributed by atoms with Crippen molar-refractivity contribution in [1.82, 2.24) is 5.32 Å². The molecule has 0 amide bonds. The van der Waals surface area contributed by atoms with Crippen LogP contribution in [-0.2, 0) is 0 Å². The molecule has 1 aliphatic rings. The number of hydrogen-bond acceptors (Lipinski definition) is 4. The second kappa shape index (κ2) is 6.69. The molecule has 4 heteroatoms. The third-order valence-electron chi connectivity index (χ3n) is 3.13. The van der Waals surface area contributed by atoms with Crippen molar-refractivity contribution < 1.29 is 0 Å². The topological polar surface area (TPSA) is 50.4 Å². The maximum atomic E-state index is 5.64. The van der Waals surface area contributed by atoms with Crippen LogP contribution in [0.5, 0.6) is 0 Å². The Balaban J connectivity index is 2.07. The highest BCUT2D eigenvalue weighted by Crippen LogP contribution is 2.30. The number of nitrogens with two attached hydrogens (primary N) is 1. The van der Waals surface area contributed by atoms with Crippen LogP contribution in [0.25, 0.3) is 0 Å². The molecule has 3 nitrogen and oxygen atoms in total. The van der Waals surface area contributed by atoms with Crippen LogP contribution in [0.1, 0.15) is 31.2 Å². The van der Waals surface area contributed by atoms with Crippen LogP contribution in [0.2, 0.25) is 0 Å². The van der Waals surface area contributed by atoms with E-state index in [1.165, 1.54) is 29.1 Å². The number of hydrogen-bond donors (Lipinski definition) is 2. The Morgan fingerprint density at radius 2 is 2.28 bits per heavy atom. The molecule has 1 heterocycles. The van der Waals surface area contributed by atoms with Crippen molar-refractivity contribution in [1.29, 1.82) is 0 Å². The number of rotatable bonds is 5. The Morgan fingerprint density at radius 1 is 1.44 bits per heavy atom. The summed E-state index contributed by atoms with van der Waals surface area (Å²) in [4.78, 5) is 5.70. The molecule has 1 aliphatic heterocycles. The van der Waals surface area contributed by atoms with Crippen molar-refractivity contribution in [3.05, 3.63) is 29.8 Å². The summed E-state index contributed by atoms with van der Waals surface area (Å²) in [6.07, 6.45) is 2.52. The number of thioether (sulfide) groups is 1. The summed E-state index contributed by atoms with van der Waals surface area (Å²) in [7, 11) is 0. The lowest BCUT2D eigenvalue weighted by atomic mass is 9.98. The van der Waals surface area contributed by atoms with E-state index in [-0.39, 0.29) is 0 Å². The van der Waals surface area contributed by atoms with E-state index >= 15 is 0 Å². The van der Waals surface area contributed by atoms with E-state index in [0.29, 0.717) is 11.9 Å². The SMILES string of the molecule is CCCCSc1ccccc1C1CN=C(N)NC1. The smallest absolute Gasteiger partial charge is 0.188 e. The number of aliphatic imine (C=N–C) groups is 1. The van der Waals surface area contributed by atoms with Gasteiger partial charge in [-0.3, -0.25) is 4.99 Å². The van der Waals surface area contributed by atoms with Gasteiger partial charge in [-0.15, -0.1) is 11.8 Å². The molecule has 0 aliphatic carbocycles. The molecule has 0 aromatic heterocycles. The van der Waals surface area contributed by atoms with Crippen LogP contribution in [-0.4, -0.2) is 24.8 Å². The van der Waals surface area contributed by atoms with Crippen LogP contribution >= 0.6 is 11.8 Å². The molecule has 0 saturated carbocycles. The van der Waals surface area contributed by atoms with E-state index in [9.17, 15) is 0 Å². The molecule has 0 bridgehead atoms. The second-order valence-corrected chi connectivity index (χ2v) is 5.68. The molecule has 1 aromatic rings. The van der Waals surface area contributed by atoms with Gasteiger partial charge >= 0.3 is 0 Å². The Bertz CT molecular complexity index is 417. The van der Waals surface area contributed by atoms with Gasteiger partial charge in [-0.2, -0.15) is 0 Å². The normalized spacial score (nSPS) is 19.2. The maximum absolute atomic E-state index is 5.64. The number of nitrogens with one attached hydrogen (secondary N) is 1. The predicted molar refractivity (Wildman–Crippen MR) is 79.3 cm³/mol. The zero-order valence-corrected chi connectivity index (χ0v) is 11.7. The number of unbranched alkanes of at least 4 members (excludes halogenated alkanes) is 1. The van der Waals surface area contributed by atoms with Crippen LogP contribution in [0.15, 0.2) is 34.2 Å². The highest BCUT2D eigenvalue weighted by Gasteiger charge is 2.18. The first-order valence-electron chi connectivity index (χ1n) is 6.56. The van der Waals surface area contributed by atoms with Crippen molar-refractivity contribution in [3.8, 4) is 0 Å². The van der Waals surface area contributed by atoms with Gasteiger partial charge < -0.3 is 11.1 Å². The zero-order valence-electron chi connectivity index (χ0n) is 10.9. The molecule has 1 unspecified atom stereocenters. The van der Waals surface area contributed by atoms with Gasteiger partial charge in [-0.05, 0) is 23.8 Å². The van der Waals surface area contributed by atoms with E-state index in [1.807, 2.05) is 11.8 Å². The Kier molecular flexibility index (Phi) is 4.93. The number of guanidine groups is 1. The van der Waals surface area contributed by atoms with Gasteiger partial charge in [-0.1, -0.05) is 31.5 Å². The van der Waals surface area contributed by atoms with Crippen molar-refractivity contribution in [3.63, 3.8) is 0 Å².